The Morgan fingerprint density at radius 2 is 1.07 bits per heavy atom. The zero-order valence-electron chi connectivity index (χ0n) is 29.1. The van der Waals surface area contributed by atoms with E-state index in [9.17, 15) is 0 Å². The fraction of sp³-hybridized carbons (Fsp3) is 0. The molecule has 0 N–H and O–H groups in total. The molecular weight excluding hydrogens is 663 g/mol. The third-order valence-corrected chi connectivity index (χ3v) is 10.4. The van der Waals surface area contributed by atoms with Gasteiger partial charge >= 0.3 is 0 Å². The van der Waals surface area contributed by atoms with Gasteiger partial charge in [0.05, 0.1) is 16.4 Å². The summed E-state index contributed by atoms with van der Waals surface area (Å²) in [5.41, 5.74) is 13.0. The van der Waals surface area contributed by atoms with Gasteiger partial charge in [-0.05, 0) is 102 Å². The highest BCUT2D eigenvalue weighted by Crippen LogP contribution is 2.42. The predicted molar refractivity (Wildman–Crippen MR) is 221 cm³/mol. The Kier molecular flexibility index (Phi) is 6.79. The van der Waals surface area contributed by atoms with Crippen molar-refractivity contribution in [3.05, 3.63) is 188 Å². The van der Waals surface area contributed by atoms with Crippen LogP contribution in [0.4, 0.5) is 17.1 Å². The molecule has 0 radical (unpaired) electrons. The van der Waals surface area contributed by atoms with Crippen LogP contribution in [-0.4, -0.2) is 9.55 Å². The van der Waals surface area contributed by atoms with Crippen molar-refractivity contribution in [1.82, 2.24) is 9.55 Å². The van der Waals surface area contributed by atoms with E-state index < -0.39 is 0 Å². The van der Waals surface area contributed by atoms with Crippen LogP contribution in [-0.2, 0) is 0 Å². The number of fused-ring (bicyclic) bond motifs is 8. The molecule has 254 valence electrons. The maximum Gasteiger partial charge on any atom is 0.227 e. The first-order valence-electron chi connectivity index (χ1n) is 18.1. The molecule has 0 saturated heterocycles. The Labute approximate surface area is 310 Å². The molecule has 8 aromatic carbocycles. The Balaban J connectivity index is 1.02. The summed E-state index contributed by atoms with van der Waals surface area (Å²) in [6.07, 6.45) is 0. The van der Waals surface area contributed by atoms with Crippen LogP contribution in [0.25, 0.3) is 83.1 Å². The van der Waals surface area contributed by atoms with Gasteiger partial charge in [0.1, 0.15) is 16.7 Å². The minimum absolute atomic E-state index is 0.600. The molecule has 54 heavy (non-hydrogen) atoms. The zero-order chi connectivity index (χ0) is 35.6. The molecule has 3 aromatic heterocycles. The van der Waals surface area contributed by atoms with Crippen LogP contribution in [0.3, 0.4) is 0 Å². The summed E-state index contributed by atoms with van der Waals surface area (Å²) < 4.78 is 15.1. The van der Waals surface area contributed by atoms with E-state index in [2.05, 4.69) is 155 Å². The van der Waals surface area contributed by atoms with Crippen molar-refractivity contribution in [2.45, 2.75) is 0 Å². The number of para-hydroxylation sites is 3. The lowest BCUT2D eigenvalue weighted by molar-refractivity contribution is 0.622. The summed E-state index contributed by atoms with van der Waals surface area (Å²) in [5.74, 6) is 0.600. The van der Waals surface area contributed by atoms with Gasteiger partial charge in [0.2, 0.25) is 5.89 Å². The van der Waals surface area contributed by atoms with Crippen LogP contribution in [0.2, 0.25) is 0 Å². The molecule has 0 unspecified atom stereocenters. The second kappa shape index (κ2) is 12.1. The summed E-state index contributed by atoms with van der Waals surface area (Å²) in [6.45, 7) is 0. The monoisotopic (exact) mass is 693 g/mol. The van der Waals surface area contributed by atoms with Gasteiger partial charge in [-0.2, -0.15) is 0 Å². The van der Waals surface area contributed by atoms with E-state index in [-0.39, 0.29) is 0 Å². The maximum absolute atomic E-state index is 6.40. The number of oxazole rings is 1. The van der Waals surface area contributed by atoms with Gasteiger partial charge in [-0.25, -0.2) is 4.98 Å². The molecule has 3 heterocycles. The van der Waals surface area contributed by atoms with Crippen molar-refractivity contribution < 1.29 is 8.83 Å². The van der Waals surface area contributed by atoms with Crippen LogP contribution in [0.15, 0.2) is 197 Å². The number of aromatic nitrogens is 2. The van der Waals surface area contributed by atoms with Gasteiger partial charge in [-0.15, -0.1) is 0 Å². The van der Waals surface area contributed by atoms with Gasteiger partial charge in [0, 0.05) is 44.5 Å². The molecule has 0 aliphatic heterocycles. The molecule has 11 rings (SSSR count). The summed E-state index contributed by atoms with van der Waals surface area (Å²) in [7, 11) is 0. The lowest BCUT2D eigenvalue weighted by Gasteiger charge is -2.26. The third-order valence-electron chi connectivity index (χ3n) is 10.4. The van der Waals surface area contributed by atoms with Crippen LogP contribution in [0, 0.1) is 0 Å². The number of hydrogen-bond acceptors (Lipinski definition) is 4. The van der Waals surface area contributed by atoms with Crippen LogP contribution in [0.1, 0.15) is 0 Å². The minimum atomic E-state index is 0.600. The second-order valence-electron chi connectivity index (χ2n) is 13.6. The first-order chi connectivity index (χ1) is 26.8. The Morgan fingerprint density at radius 1 is 0.426 bits per heavy atom. The second-order valence-corrected chi connectivity index (χ2v) is 13.6. The molecule has 0 spiro atoms. The molecule has 0 amide bonds. The highest BCUT2D eigenvalue weighted by Gasteiger charge is 2.19. The van der Waals surface area contributed by atoms with Crippen molar-refractivity contribution >= 4 is 71.9 Å². The summed E-state index contributed by atoms with van der Waals surface area (Å²) in [5, 5.41) is 4.40. The van der Waals surface area contributed by atoms with Crippen molar-refractivity contribution in [2.75, 3.05) is 4.90 Å². The van der Waals surface area contributed by atoms with E-state index in [1.807, 2.05) is 42.5 Å². The average molecular weight is 694 g/mol. The lowest BCUT2D eigenvalue weighted by Crippen LogP contribution is -2.10. The predicted octanol–water partition coefficient (Wildman–Crippen LogP) is 13.6. The fourth-order valence-electron chi connectivity index (χ4n) is 7.91. The Morgan fingerprint density at radius 3 is 1.89 bits per heavy atom. The molecule has 0 atom stereocenters. The summed E-state index contributed by atoms with van der Waals surface area (Å²) in [4.78, 5) is 7.14. The van der Waals surface area contributed by atoms with E-state index in [1.54, 1.807) is 0 Å². The van der Waals surface area contributed by atoms with Gasteiger partial charge in [0.15, 0.2) is 5.58 Å². The molecule has 0 saturated carbocycles. The normalized spacial score (nSPS) is 11.7. The van der Waals surface area contributed by atoms with Gasteiger partial charge in [0.25, 0.3) is 0 Å². The lowest BCUT2D eigenvalue weighted by atomic mass is 10.0. The molecular formula is C49H31N3O2. The number of hydrogen-bond donors (Lipinski definition) is 0. The van der Waals surface area contributed by atoms with Crippen molar-refractivity contribution in [2.24, 2.45) is 0 Å². The minimum Gasteiger partial charge on any atom is -0.456 e. The SMILES string of the molecule is c1ccc(-c2nc3ccc4oc5ccc(-c6ccc(N(c7ccccc7)c7ccc8c9ccccc9n(-c9ccccc9)c8c7)cc6)cc5c4c3o2)cc1. The molecule has 5 nitrogen and oxygen atoms in total. The molecule has 0 aliphatic carbocycles. The topological polar surface area (TPSA) is 47.3 Å². The standard InChI is InChI=1S/C49H31N3O2/c1-4-12-33(13-5-1)49-50-42-27-29-46-47(48(42)54-49)41-30-34(22-28-45(41)53-46)32-20-23-37(24-21-32)51(35-14-6-2-7-15-35)38-25-26-40-39-18-10-11-19-43(39)52(44(40)31-38)36-16-8-3-9-17-36/h1-31H. The maximum atomic E-state index is 6.40. The first-order valence-corrected chi connectivity index (χ1v) is 18.1. The zero-order valence-corrected chi connectivity index (χ0v) is 29.1. The molecule has 0 aliphatic rings. The third kappa shape index (κ3) is 4.83. The molecule has 0 bridgehead atoms. The fourth-order valence-corrected chi connectivity index (χ4v) is 7.91. The average Bonchev–Trinajstić information content (AvgIpc) is 3.94. The van der Waals surface area contributed by atoms with Gasteiger partial charge in [-0.1, -0.05) is 97.1 Å². The highest BCUT2D eigenvalue weighted by atomic mass is 16.4. The first kappa shape index (κ1) is 30.3. The smallest absolute Gasteiger partial charge is 0.227 e. The van der Waals surface area contributed by atoms with E-state index >= 15 is 0 Å². The van der Waals surface area contributed by atoms with Crippen molar-refractivity contribution in [3.8, 4) is 28.3 Å². The number of benzene rings is 8. The molecule has 11 aromatic rings. The van der Waals surface area contributed by atoms with Crippen molar-refractivity contribution in [1.29, 1.82) is 0 Å². The van der Waals surface area contributed by atoms with Gasteiger partial charge in [-0.3, -0.25) is 0 Å². The summed E-state index contributed by atoms with van der Waals surface area (Å²) in [6, 6.07) is 65.8. The Bertz CT molecular complexity index is 3140. The molecule has 5 heteroatoms. The number of nitrogens with zero attached hydrogens (tertiary/aromatic N) is 3. The van der Waals surface area contributed by atoms with Crippen LogP contribution in [0.5, 0.6) is 0 Å². The van der Waals surface area contributed by atoms with E-state index in [0.29, 0.717) is 5.89 Å². The quantitative estimate of drug-likeness (QED) is 0.174. The number of anilines is 3. The van der Waals surface area contributed by atoms with Crippen molar-refractivity contribution in [3.63, 3.8) is 0 Å². The highest BCUT2D eigenvalue weighted by molar-refractivity contribution is 6.17. The van der Waals surface area contributed by atoms with E-state index in [4.69, 9.17) is 13.8 Å². The Hall–Kier alpha value is -7.37. The van der Waals surface area contributed by atoms with E-state index in [0.717, 1.165) is 78.0 Å². The van der Waals surface area contributed by atoms with E-state index in [1.165, 1.54) is 16.3 Å². The van der Waals surface area contributed by atoms with Gasteiger partial charge < -0.3 is 18.3 Å². The van der Waals surface area contributed by atoms with Crippen LogP contribution < -0.4 is 4.90 Å². The number of furan rings is 1. The number of rotatable bonds is 6. The molecule has 0 fully saturated rings. The summed E-state index contributed by atoms with van der Waals surface area (Å²) >= 11 is 0. The largest absolute Gasteiger partial charge is 0.456 e. The van der Waals surface area contributed by atoms with Crippen LogP contribution >= 0.6 is 0 Å².